The summed E-state index contributed by atoms with van der Waals surface area (Å²) in [5, 5.41) is 8.55. The lowest BCUT2D eigenvalue weighted by Gasteiger charge is -2.29. The first-order valence-corrected chi connectivity index (χ1v) is 3.21. The van der Waals surface area contributed by atoms with Crippen molar-refractivity contribution in [3.8, 4) is 0 Å². The fourth-order valence-electron chi connectivity index (χ4n) is 1.02. The van der Waals surface area contributed by atoms with Crippen LogP contribution in [0.5, 0.6) is 0 Å². The van der Waals surface area contributed by atoms with Gasteiger partial charge in [-0.15, -0.1) is 0 Å². The summed E-state index contributed by atoms with van der Waals surface area (Å²) in [6, 6.07) is 0.0590. The molecule has 0 aromatic heterocycles. The van der Waals surface area contributed by atoms with Crippen molar-refractivity contribution < 1.29 is 5.11 Å². The van der Waals surface area contributed by atoms with E-state index >= 15 is 0 Å². The maximum absolute atomic E-state index is 8.55. The molecule has 1 saturated carbocycles. The van der Waals surface area contributed by atoms with Gasteiger partial charge in [0.1, 0.15) is 0 Å². The third-order valence-electron chi connectivity index (χ3n) is 1.97. The average molecular weight is 115 g/mol. The van der Waals surface area contributed by atoms with E-state index in [2.05, 4.69) is 0 Å². The van der Waals surface area contributed by atoms with Crippen LogP contribution in [0.2, 0.25) is 0 Å². The van der Waals surface area contributed by atoms with Gasteiger partial charge in [-0.25, -0.2) is 0 Å². The molecule has 0 spiro atoms. The lowest BCUT2D eigenvalue weighted by molar-refractivity contribution is 0.175. The van der Waals surface area contributed by atoms with Crippen LogP contribution in [0.25, 0.3) is 0 Å². The molecule has 1 atom stereocenters. The molecule has 0 heterocycles. The molecule has 0 saturated heterocycles. The summed E-state index contributed by atoms with van der Waals surface area (Å²) in [6.07, 6.45) is 3.75. The normalized spacial score (nSPS) is 24.8. The Morgan fingerprint density at radius 2 is 2.25 bits per heavy atom. The van der Waals surface area contributed by atoms with Crippen LogP contribution in [0.4, 0.5) is 0 Å². The molecule has 2 heteroatoms. The van der Waals surface area contributed by atoms with Gasteiger partial charge < -0.3 is 10.8 Å². The zero-order valence-electron chi connectivity index (χ0n) is 5.01. The van der Waals surface area contributed by atoms with Crippen LogP contribution in [0, 0.1) is 5.92 Å². The van der Waals surface area contributed by atoms with Crippen molar-refractivity contribution in [3.63, 3.8) is 0 Å². The predicted octanol–water partition coefficient (Wildman–Crippen LogP) is 0.106. The molecular formula is C6H13NO. The van der Waals surface area contributed by atoms with E-state index in [1.54, 1.807) is 0 Å². The molecule has 0 aromatic carbocycles. The Labute approximate surface area is 49.7 Å². The molecule has 0 aromatic rings. The third kappa shape index (κ3) is 1.01. The standard InChI is InChI=1S/C6H13NO/c7-6(4-8)5-2-1-3-5/h5-6,8H,1-4,7H2/t6-/m1/s1. The molecule has 0 bridgehead atoms. The third-order valence-corrected chi connectivity index (χ3v) is 1.97. The summed E-state index contributed by atoms with van der Waals surface area (Å²) in [4.78, 5) is 0. The van der Waals surface area contributed by atoms with Crippen molar-refractivity contribution in [3.05, 3.63) is 0 Å². The van der Waals surface area contributed by atoms with E-state index in [0.717, 1.165) is 0 Å². The SMILES string of the molecule is N[C@H](CO)C1CCC1. The van der Waals surface area contributed by atoms with Crippen LogP contribution in [0.3, 0.4) is 0 Å². The number of aliphatic hydroxyl groups excluding tert-OH is 1. The van der Waals surface area contributed by atoms with Crippen molar-refractivity contribution in [2.75, 3.05) is 6.61 Å². The van der Waals surface area contributed by atoms with E-state index in [1.807, 2.05) is 0 Å². The molecule has 0 radical (unpaired) electrons. The van der Waals surface area contributed by atoms with Crippen LogP contribution in [-0.4, -0.2) is 17.8 Å². The molecule has 48 valence electrons. The van der Waals surface area contributed by atoms with Gasteiger partial charge in [0, 0.05) is 6.04 Å². The molecule has 1 fully saturated rings. The van der Waals surface area contributed by atoms with Gasteiger partial charge >= 0.3 is 0 Å². The van der Waals surface area contributed by atoms with Crippen molar-refractivity contribution in [2.45, 2.75) is 25.3 Å². The van der Waals surface area contributed by atoms with E-state index in [4.69, 9.17) is 10.8 Å². The summed E-state index contributed by atoms with van der Waals surface area (Å²) in [5.74, 6) is 0.625. The van der Waals surface area contributed by atoms with Crippen molar-refractivity contribution in [1.29, 1.82) is 0 Å². The van der Waals surface area contributed by atoms with Crippen molar-refractivity contribution in [2.24, 2.45) is 11.7 Å². The summed E-state index contributed by atoms with van der Waals surface area (Å²) >= 11 is 0. The van der Waals surface area contributed by atoms with Crippen LogP contribution in [-0.2, 0) is 0 Å². The molecule has 8 heavy (non-hydrogen) atoms. The Bertz CT molecular complexity index is 68.2. The number of hydrogen-bond donors (Lipinski definition) is 2. The molecule has 1 aliphatic carbocycles. The first-order valence-electron chi connectivity index (χ1n) is 3.21. The molecule has 0 amide bonds. The maximum atomic E-state index is 8.55. The predicted molar refractivity (Wildman–Crippen MR) is 32.4 cm³/mol. The number of hydrogen-bond acceptors (Lipinski definition) is 2. The fraction of sp³-hybridized carbons (Fsp3) is 1.00. The highest BCUT2D eigenvalue weighted by Crippen LogP contribution is 2.28. The van der Waals surface area contributed by atoms with Crippen LogP contribution >= 0.6 is 0 Å². The lowest BCUT2D eigenvalue weighted by Crippen LogP contribution is -2.37. The number of rotatable bonds is 2. The van der Waals surface area contributed by atoms with E-state index in [1.165, 1.54) is 19.3 Å². The zero-order chi connectivity index (χ0) is 5.98. The first kappa shape index (κ1) is 6.05. The van der Waals surface area contributed by atoms with Crippen molar-refractivity contribution in [1.82, 2.24) is 0 Å². The molecular weight excluding hydrogens is 102 g/mol. The van der Waals surface area contributed by atoms with Gasteiger partial charge in [0.15, 0.2) is 0 Å². The number of nitrogens with two attached hydrogens (primary N) is 1. The highest BCUT2D eigenvalue weighted by Gasteiger charge is 2.23. The van der Waals surface area contributed by atoms with Gasteiger partial charge in [-0.1, -0.05) is 6.42 Å². The van der Waals surface area contributed by atoms with Crippen LogP contribution < -0.4 is 5.73 Å². The summed E-state index contributed by atoms with van der Waals surface area (Å²) < 4.78 is 0. The van der Waals surface area contributed by atoms with Gasteiger partial charge in [-0.2, -0.15) is 0 Å². The monoisotopic (exact) mass is 115 g/mol. The van der Waals surface area contributed by atoms with Gasteiger partial charge in [-0.05, 0) is 18.8 Å². The topological polar surface area (TPSA) is 46.2 Å². The van der Waals surface area contributed by atoms with Gasteiger partial charge in [0.2, 0.25) is 0 Å². The molecule has 1 rings (SSSR count). The first-order chi connectivity index (χ1) is 3.84. The van der Waals surface area contributed by atoms with Crippen LogP contribution in [0.1, 0.15) is 19.3 Å². The smallest absolute Gasteiger partial charge is 0.0585 e. The van der Waals surface area contributed by atoms with Gasteiger partial charge in [0.25, 0.3) is 0 Å². The Morgan fingerprint density at radius 1 is 1.62 bits per heavy atom. The molecule has 0 aliphatic heterocycles. The highest BCUT2D eigenvalue weighted by molar-refractivity contribution is 4.78. The zero-order valence-corrected chi connectivity index (χ0v) is 5.01. The van der Waals surface area contributed by atoms with Gasteiger partial charge in [-0.3, -0.25) is 0 Å². The van der Waals surface area contributed by atoms with E-state index in [0.29, 0.717) is 5.92 Å². The largest absolute Gasteiger partial charge is 0.395 e. The minimum atomic E-state index is 0.0590. The minimum absolute atomic E-state index is 0.0590. The second-order valence-electron chi connectivity index (χ2n) is 2.54. The maximum Gasteiger partial charge on any atom is 0.0585 e. The second kappa shape index (κ2) is 2.46. The Hall–Kier alpha value is -0.0800. The van der Waals surface area contributed by atoms with Gasteiger partial charge in [0.05, 0.1) is 6.61 Å². The molecule has 2 nitrogen and oxygen atoms in total. The van der Waals surface area contributed by atoms with Crippen LogP contribution in [0.15, 0.2) is 0 Å². The van der Waals surface area contributed by atoms with E-state index in [-0.39, 0.29) is 12.6 Å². The molecule has 3 N–H and O–H groups in total. The Balaban J connectivity index is 2.13. The lowest BCUT2D eigenvalue weighted by atomic mass is 9.80. The minimum Gasteiger partial charge on any atom is -0.395 e. The van der Waals surface area contributed by atoms with E-state index in [9.17, 15) is 0 Å². The second-order valence-corrected chi connectivity index (χ2v) is 2.54. The van der Waals surface area contributed by atoms with Crippen molar-refractivity contribution >= 4 is 0 Å². The summed E-state index contributed by atoms with van der Waals surface area (Å²) in [5.41, 5.74) is 5.53. The Morgan fingerprint density at radius 3 is 2.38 bits per heavy atom. The van der Waals surface area contributed by atoms with E-state index < -0.39 is 0 Å². The summed E-state index contributed by atoms with van der Waals surface area (Å²) in [7, 11) is 0. The average Bonchev–Trinajstić information content (AvgIpc) is 1.62. The highest BCUT2D eigenvalue weighted by atomic mass is 16.3. The molecule has 0 unspecified atom stereocenters. The number of aliphatic hydroxyl groups is 1. The summed E-state index contributed by atoms with van der Waals surface area (Å²) in [6.45, 7) is 0.157. The molecule has 1 aliphatic rings. The fourth-order valence-corrected chi connectivity index (χ4v) is 1.02. The Kier molecular flexibility index (Phi) is 1.86. The quantitative estimate of drug-likeness (QED) is 0.536.